The van der Waals surface area contributed by atoms with Gasteiger partial charge < -0.3 is 10.5 Å². The summed E-state index contributed by atoms with van der Waals surface area (Å²) >= 11 is 0. The van der Waals surface area contributed by atoms with Crippen LogP contribution >= 0.6 is 0 Å². The fourth-order valence-electron chi connectivity index (χ4n) is 2.39. The molecule has 1 saturated carbocycles. The van der Waals surface area contributed by atoms with E-state index in [0.29, 0.717) is 18.2 Å². The Labute approximate surface area is 102 Å². The molecule has 1 aromatic rings. The Morgan fingerprint density at radius 1 is 1.24 bits per heavy atom. The quantitative estimate of drug-likeness (QED) is 0.813. The summed E-state index contributed by atoms with van der Waals surface area (Å²) in [4.78, 5) is 0. The Hall–Kier alpha value is -1.09. The van der Waals surface area contributed by atoms with Crippen molar-refractivity contribution in [2.45, 2.75) is 38.7 Å². The minimum Gasteiger partial charge on any atom is -0.398 e. The summed E-state index contributed by atoms with van der Waals surface area (Å²) in [5, 5.41) is 0. The molecule has 2 N–H and O–H groups in total. The number of hydrogen-bond donors (Lipinski definition) is 1. The lowest BCUT2D eigenvalue weighted by molar-refractivity contribution is 0.0741. The van der Waals surface area contributed by atoms with Crippen molar-refractivity contribution in [2.75, 3.05) is 12.3 Å². The van der Waals surface area contributed by atoms with Gasteiger partial charge in [0.05, 0.1) is 6.61 Å². The van der Waals surface area contributed by atoms with Crippen molar-refractivity contribution in [3.63, 3.8) is 0 Å². The molecule has 1 aliphatic rings. The van der Waals surface area contributed by atoms with Crippen LogP contribution in [0.2, 0.25) is 0 Å². The number of nitrogens with two attached hydrogens (primary N) is 1. The van der Waals surface area contributed by atoms with E-state index in [1.54, 1.807) is 6.07 Å². The van der Waals surface area contributed by atoms with Gasteiger partial charge in [-0.25, -0.2) is 4.39 Å². The lowest BCUT2D eigenvalue weighted by Gasteiger charge is -2.21. The first kappa shape index (κ1) is 12.4. The summed E-state index contributed by atoms with van der Waals surface area (Å²) in [6.07, 6.45) is 6.51. The van der Waals surface area contributed by atoms with Gasteiger partial charge in [0.2, 0.25) is 0 Å². The smallest absolute Gasteiger partial charge is 0.123 e. The Morgan fingerprint density at radius 2 is 2.00 bits per heavy atom. The normalized spacial score (nSPS) is 17.2. The average Bonchev–Trinajstić information content (AvgIpc) is 2.35. The third-order valence-corrected chi connectivity index (χ3v) is 3.44. The summed E-state index contributed by atoms with van der Waals surface area (Å²) in [6, 6.07) is 4.42. The van der Waals surface area contributed by atoms with Gasteiger partial charge >= 0.3 is 0 Å². The van der Waals surface area contributed by atoms with E-state index in [1.807, 2.05) is 0 Å². The standard InChI is InChI=1S/C14H20FNO/c15-13-6-7-14(16)12(8-13)10-17-9-11-4-2-1-3-5-11/h6-8,11H,1-5,9-10,16H2. The van der Waals surface area contributed by atoms with E-state index in [1.165, 1.54) is 44.2 Å². The van der Waals surface area contributed by atoms with E-state index < -0.39 is 0 Å². The molecule has 0 spiro atoms. The molecule has 0 aliphatic heterocycles. The Bertz CT molecular complexity index is 361. The molecule has 17 heavy (non-hydrogen) atoms. The molecular formula is C14H20FNO. The first-order valence-electron chi connectivity index (χ1n) is 6.37. The zero-order valence-corrected chi connectivity index (χ0v) is 10.1. The first-order chi connectivity index (χ1) is 8.25. The molecule has 0 heterocycles. The van der Waals surface area contributed by atoms with E-state index in [2.05, 4.69) is 0 Å². The molecule has 0 unspecified atom stereocenters. The van der Waals surface area contributed by atoms with E-state index >= 15 is 0 Å². The summed E-state index contributed by atoms with van der Waals surface area (Å²) in [7, 11) is 0. The van der Waals surface area contributed by atoms with Gasteiger partial charge in [0, 0.05) is 17.9 Å². The molecule has 0 saturated heterocycles. The maximum atomic E-state index is 13.0. The number of halogens is 1. The molecule has 2 rings (SSSR count). The first-order valence-corrected chi connectivity index (χ1v) is 6.37. The van der Waals surface area contributed by atoms with E-state index in [-0.39, 0.29) is 5.82 Å². The second-order valence-electron chi connectivity index (χ2n) is 4.86. The maximum absolute atomic E-state index is 13.0. The van der Waals surface area contributed by atoms with Crippen molar-refractivity contribution in [3.05, 3.63) is 29.6 Å². The minimum atomic E-state index is -0.254. The van der Waals surface area contributed by atoms with E-state index in [4.69, 9.17) is 10.5 Å². The number of anilines is 1. The predicted octanol–water partition coefficient (Wildman–Crippen LogP) is 3.50. The highest BCUT2D eigenvalue weighted by atomic mass is 19.1. The van der Waals surface area contributed by atoms with Crippen LogP contribution in [0, 0.1) is 11.7 Å². The van der Waals surface area contributed by atoms with Crippen molar-refractivity contribution in [3.8, 4) is 0 Å². The van der Waals surface area contributed by atoms with Crippen LogP contribution in [-0.4, -0.2) is 6.61 Å². The van der Waals surface area contributed by atoms with Crippen LogP contribution in [0.5, 0.6) is 0 Å². The summed E-state index contributed by atoms with van der Waals surface area (Å²) < 4.78 is 18.7. The molecule has 0 aromatic heterocycles. The largest absolute Gasteiger partial charge is 0.398 e. The Balaban J connectivity index is 1.79. The van der Waals surface area contributed by atoms with Crippen molar-refractivity contribution in [1.82, 2.24) is 0 Å². The number of nitrogen functional groups attached to an aromatic ring is 1. The Kier molecular flexibility index (Phi) is 4.37. The summed E-state index contributed by atoms with van der Waals surface area (Å²) in [5.41, 5.74) is 7.12. The van der Waals surface area contributed by atoms with E-state index in [9.17, 15) is 4.39 Å². The van der Waals surface area contributed by atoms with E-state index in [0.717, 1.165) is 12.2 Å². The van der Waals surface area contributed by atoms with Crippen LogP contribution in [0.3, 0.4) is 0 Å². The highest BCUT2D eigenvalue weighted by molar-refractivity contribution is 5.46. The fourth-order valence-corrected chi connectivity index (χ4v) is 2.39. The lowest BCUT2D eigenvalue weighted by atomic mass is 9.90. The molecule has 0 amide bonds. The van der Waals surface area contributed by atoms with Crippen LogP contribution in [0.4, 0.5) is 10.1 Å². The monoisotopic (exact) mass is 237 g/mol. The van der Waals surface area contributed by atoms with Crippen LogP contribution < -0.4 is 5.73 Å². The second kappa shape index (κ2) is 6.01. The molecule has 1 aromatic carbocycles. The predicted molar refractivity (Wildman–Crippen MR) is 67.0 cm³/mol. The van der Waals surface area contributed by atoms with Crippen LogP contribution in [-0.2, 0) is 11.3 Å². The number of hydrogen-bond acceptors (Lipinski definition) is 2. The molecule has 1 aliphatic carbocycles. The third-order valence-electron chi connectivity index (χ3n) is 3.44. The van der Waals surface area contributed by atoms with Crippen molar-refractivity contribution in [2.24, 2.45) is 5.92 Å². The zero-order valence-electron chi connectivity index (χ0n) is 10.1. The van der Waals surface area contributed by atoms with Gasteiger partial charge in [-0.2, -0.15) is 0 Å². The number of benzene rings is 1. The van der Waals surface area contributed by atoms with Gasteiger partial charge in [0.1, 0.15) is 5.82 Å². The third kappa shape index (κ3) is 3.70. The van der Waals surface area contributed by atoms with Crippen molar-refractivity contribution >= 4 is 5.69 Å². The highest BCUT2D eigenvalue weighted by Gasteiger charge is 2.13. The lowest BCUT2D eigenvalue weighted by Crippen LogP contribution is -2.13. The van der Waals surface area contributed by atoms with Gasteiger partial charge in [0.25, 0.3) is 0 Å². The highest BCUT2D eigenvalue weighted by Crippen LogP contribution is 2.24. The molecule has 0 atom stereocenters. The van der Waals surface area contributed by atoms with Crippen molar-refractivity contribution in [1.29, 1.82) is 0 Å². The molecule has 94 valence electrons. The summed E-state index contributed by atoms with van der Waals surface area (Å²) in [6.45, 7) is 1.19. The number of rotatable bonds is 4. The number of ether oxygens (including phenoxy) is 1. The molecule has 0 bridgehead atoms. The molecule has 2 nitrogen and oxygen atoms in total. The van der Waals surface area contributed by atoms with Crippen molar-refractivity contribution < 1.29 is 9.13 Å². The maximum Gasteiger partial charge on any atom is 0.123 e. The SMILES string of the molecule is Nc1ccc(F)cc1COCC1CCCCC1. The molecular weight excluding hydrogens is 217 g/mol. The fraction of sp³-hybridized carbons (Fsp3) is 0.571. The molecule has 1 fully saturated rings. The summed E-state index contributed by atoms with van der Waals surface area (Å²) in [5.74, 6) is 0.425. The van der Waals surface area contributed by atoms with Gasteiger partial charge in [-0.05, 0) is 37.0 Å². The topological polar surface area (TPSA) is 35.2 Å². The zero-order chi connectivity index (χ0) is 12.1. The second-order valence-corrected chi connectivity index (χ2v) is 4.86. The van der Waals surface area contributed by atoms with Gasteiger partial charge in [0.15, 0.2) is 0 Å². The van der Waals surface area contributed by atoms with Gasteiger partial charge in [-0.3, -0.25) is 0 Å². The van der Waals surface area contributed by atoms with Crippen LogP contribution in [0.1, 0.15) is 37.7 Å². The van der Waals surface area contributed by atoms with Gasteiger partial charge in [-0.1, -0.05) is 19.3 Å². The van der Waals surface area contributed by atoms with Gasteiger partial charge in [-0.15, -0.1) is 0 Å². The Morgan fingerprint density at radius 3 is 2.76 bits per heavy atom. The van der Waals surface area contributed by atoms with Crippen LogP contribution in [0.15, 0.2) is 18.2 Å². The van der Waals surface area contributed by atoms with Crippen LogP contribution in [0.25, 0.3) is 0 Å². The molecule has 0 radical (unpaired) electrons. The average molecular weight is 237 g/mol. The minimum absolute atomic E-state index is 0.254. The molecule has 3 heteroatoms.